The molecule has 0 aromatic heterocycles. The van der Waals surface area contributed by atoms with E-state index in [1.807, 2.05) is 9.80 Å². The summed E-state index contributed by atoms with van der Waals surface area (Å²) >= 11 is 0. The summed E-state index contributed by atoms with van der Waals surface area (Å²) in [6, 6.07) is 0. The van der Waals surface area contributed by atoms with Crippen molar-refractivity contribution in [3.63, 3.8) is 0 Å². The van der Waals surface area contributed by atoms with E-state index in [-0.39, 0.29) is 0 Å². The second-order valence-electron chi connectivity index (χ2n) is 4.56. The average Bonchev–Trinajstić information content (AvgIpc) is 2.52. The van der Waals surface area contributed by atoms with Gasteiger partial charge < -0.3 is 30.7 Å². The van der Waals surface area contributed by atoms with Crippen LogP contribution in [0.2, 0.25) is 0 Å². The lowest BCUT2D eigenvalue weighted by molar-refractivity contribution is 0.0667. The summed E-state index contributed by atoms with van der Waals surface area (Å²) in [6.45, 7) is 5.62. The van der Waals surface area contributed by atoms with Crippen LogP contribution < -0.4 is 11.5 Å². The van der Waals surface area contributed by atoms with Crippen molar-refractivity contribution in [2.24, 2.45) is 21.7 Å². The van der Waals surface area contributed by atoms with Gasteiger partial charge >= 0.3 is 10.4 Å². The third-order valence-electron chi connectivity index (χ3n) is 2.93. The Morgan fingerprint density at radius 2 is 1.09 bits per heavy atom. The number of morpholine rings is 2. The van der Waals surface area contributed by atoms with Gasteiger partial charge in [0.1, 0.15) is 0 Å². The molecule has 2 heterocycles. The molecule has 2 aliphatic heterocycles. The molecule has 0 amide bonds. The van der Waals surface area contributed by atoms with E-state index in [9.17, 15) is 0 Å². The van der Waals surface area contributed by atoms with Crippen molar-refractivity contribution in [1.29, 1.82) is 0 Å². The molecule has 13 heteroatoms. The van der Waals surface area contributed by atoms with Crippen LogP contribution in [0.3, 0.4) is 0 Å². The second-order valence-corrected chi connectivity index (χ2v) is 5.46. The lowest BCUT2D eigenvalue weighted by Crippen LogP contribution is -2.46. The molecule has 0 saturated carbocycles. The van der Waals surface area contributed by atoms with E-state index in [1.54, 1.807) is 0 Å². The lowest BCUT2D eigenvalue weighted by Gasteiger charge is -2.28. The molecule has 2 aliphatic rings. The number of nitrogens with two attached hydrogens (primary N) is 2. The van der Waals surface area contributed by atoms with E-state index in [0.717, 1.165) is 26.2 Å². The van der Waals surface area contributed by atoms with Gasteiger partial charge in [-0.05, 0) is 0 Å². The SMILES string of the molecule is N/C(=N\N=C(/N)N1CCOCC1)N1CCOCC1.O=S(=O)(O)O. The molecule has 2 saturated heterocycles. The average molecular weight is 354 g/mol. The number of hydrogen-bond donors (Lipinski definition) is 4. The van der Waals surface area contributed by atoms with Gasteiger partial charge in [-0.15, -0.1) is 10.2 Å². The van der Waals surface area contributed by atoms with Crippen molar-refractivity contribution in [3.8, 4) is 0 Å². The topological polar surface area (TPSA) is 176 Å². The molecular formula is C10H22N6O6S. The highest BCUT2D eigenvalue weighted by atomic mass is 32.3. The zero-order valence-corrected chi connectivity index (χ0v) is 13.4. The van der Waals surface area contributed by atoms with Gasteiger partial charge in [0.05, 0.1) is 26.4 Å². The molecule has 2 fully saturated rings. The predicted molar refractivity (Wildman–Crippen MR) is 82.2 cm³/mol. The first-order valence-electron chi connectivity index (χ1n) is 6.79. The monoisotopic (exact) mass is 354 g/mol. The number of nitrogens with zero attached hydrogens (tertiary/aromatic N) is 4. The Kier molecular flexibility index (Phi) is 7.97. The molecule has 0 aromatic carbocycles. The van der Waals surface area contributed by atoms with E-state index in [2.05, 4.69) is 10.2 Å². The molecule has 0 aromatic rings. The number of hydrogen-bond acceptors (Lipinski definition) is 6. The minimum Gasteiger partial charge on any atom is -0.378 e. The molecule has 0 spiro atoms. The molecule has 2 rings (SSSR count). The highest BCUT2D eigenvalue weighted by Gasteiger charge is 2.14. The standard InChI is InChI=1S/C10H20N6O2.H2O4S/c11-9(15-1-5-17-6-2-15)13-14-10(12)16-3-7-18-8-4-16;1-5(2,3)4/h1-8H2,(H2,11,13)(H2,12,14);(H2,1,2,3,4). The Morgan fingerprint density at radius 1 is 0.826 bits per heavy atom. The number of guanidine groups is 2. The molecular weight excluding hydrogens is 332 g/mol. The summed E-state index contributed by atoms with van der Waals surface area (Å²) in [6.07, 6.45) is 0. The van der Waals surface area contributed by atoms with Crippen LogP contribution >= 0.6 is 0 Å². The van der Waals surface area contributed by atoms with Crippen molar-refractivity contribution in [2.45, 2.75) is 0 Å². The fraction of sp³-hybridized carbons (Fsp3) is 0.800. The maximum absolute atomic E-state index is 8.74. The Hall–Kier alpha value is -1.67. The summed E-state index contributed by atoms with van der Waals surface area (Å²) < 4.78 is 42.1. The summed E-state index contributed by atoms with van der Waals surface area (Å²) in [5, 5.41) is 7.94. The molecule has 0 aliphatic carbocycles. The third kappa shape index (κ3) is 9.14. The van der Waals surface area contributed by atoms with Crippen LogP contribution in [0.25, 0.3) is 0 Å². The normalized spacial score (nSPS) is 20.8. The van der Waals surface area contributed by atoms with Gasteiger partial charge in [-0.1, -0.05) is 0 Å². The van der Waals surface area contributed by atoms with Gasteiger partial charge in [0.15, 0.2) is 0 Å². The number of ether oxygens (including phenoxy) is 2. The Morgan fingerprint density at radius 3 is 1.35 bits per heavy atom. The smallest absolute Gasteiger partial charge is 0.378 e. The molecule has 0 radical (unpaired) electrons. The molecule has 0 atom stereocenters. The van der Waals surface area contributed by atoms with Crippen LogP contribution in [0, 0.1) is 0 Å². The van der Waals surface area contributed by atoms with Crippen molar-refractivity contribution in [2.75, 3.05) is 52.6 Å². The summed E-state index contributed by atoms with van der Waals surface area (Å²) in [5.41, 5.74) is 11.7. The van der Waals surface area contributed by atoms with Gasteiger partial charge in [-0.25, -0.2) is 0 Å². The van der Waals surface area contributed by atoms with Crippen molar-refractivity contribution in [1.82, 2.24) is 9.80 Å². The first-order valence-corrected chi connectivity index (χ1v) is 8.19. The molecule has 6 N–H and O–H groups in total. The van der Waals surface area contributed by atoms with Gasteiger partial charge in [-0.2, -0.15) is 8.42 Å². The van der Waals surface area contributed by atoms with Gasteiger partial charge in [0, 0.05) is 26.2 Å². The van der Waals surface area contributed by atoms with Gasteiger partial charge in [0.25, 0.3) is 0 Å². The number of rotatable bonds is 1. The van der Waals surface area contributed by atoms with Crippen molar-refractivity contribution >= 4 is 22.3 Å². The van der Waals surface area contributed by atoms with Crippen LogP contribution in [0.5, 0.6) is 0 Å². The van der Waals surface area contributed by atoms with E-state index < -0.39 is 10.4 Å². The van der Waals surface area contributed by atoms with Crippen LogP contribution in [0.4, 0.5) is 0 Å². The fourth-order valence-electron chi connectivity index (χ4n) is 1.81. The zero-order valence-electron chi connectivity index (χ0n) is 12.5. The first kappa shape index (κ1) is 19.4. The van der Waals surface area contributed by atoms with E-state index in [1.165, 1.54) is 0 Å². The third-order valence-corrected chi connectivity index (χ3v) is 2.93. The summed E-state index contributed by atoms with van der Waals surface area (Å²) in [5.74, 6) is 0.768. The van der Waals surface area contributed by atoms with E-state index >= 15 is 0 Å². The van der Waals surface area contributed by atoms with Crippen LogP contribution in [-0.2, 0) is 19.9 Å². The highest BCUT2D eigenvalue weighted by molar-refractivity contribution is 7.79. The Bertz CT molecular complexity index is 472. The second kappa shape index (κ2) is 9.46. The molecule has 134 valence electrons. The Balaban J connectivity index is 0.000000463. The van der Waals surface area contributed by atoms with Crippen molar-refractivity contribution in [3.05, 3.63) is 0 Å². The highest BCUT2D eigenvalue weighted by Crippen LogP contribution is 1.98. The van der Waals surface area contributed by atoms with Crippen molar-refractivity contribution < 1.29 is 27.0 Å². The molecule has 23 heavy (non-hydrogen) atoms. The van der Waals surface area contributed by atoms with Gasteiger partial charge in [0.2, 0.25) is 11.9 Å². The van der Waals surface area contributed by atoms with E-state index in [0.29, 0.717) is 38.3 Å². The summed E-state index contributed by atoms with van der Waals surface area (Å²) in [7, 11) is -4.67. The lowest BCUT2D eigenvalue weighted by atomic mass is 10.4. The van der Waals surface area contributed by atoms with Crippen LogP contribution in [0.1, 0.15) is 0 Å². The van der Waals surface area contributed by atoms with Crippen LogP contribution in [-0.4, -0.2) is 91.8 Å². The predicted octanol–water partition coefficient (Wildman–Crippen LogP) is -2.46. The molecule has 0 unspecified atom stereocenters. The van der Waals surface area contributed by atoms with Crippen LogP contribution in [0.15, 0.2) is 10.2 Å². The Labute approximate surface area is 134 Å². The zero-order chi connectivity index (χ0) is 17.3. The maximum atomic E-state index is 8.74. The fourth-order valence-corrected chi connectivity index (χ4v) is 1.81. The van der Waals surface area contributed by atoms with E-state index in [4.69, 9.17) is 38.5 Å². The van der Waals surface area contributed by atoms with Gasteiger partial charge in [-0.3, -0.25) is 9.11 Å². The molecule has 0 bridgehead atoms. The minimum atomic E-state index is -4.67. The maximum Gasteiger partial charge on any atom is 0.394 e. The quantitative estimate of drug-likeness (QED) is 0.171. The largest absolute Gasteiger partial charge is 0.394 e. The minimum absolute atomic E-state index is 0.384. The molecule has 12 nitrogen and oxygen atoms in total. The first-order chi connectivity index (χ1) is 10.8. The summed E-state index contributed by atoms with van der Waals surface area (Å²) in [4.78, 5) is 3.86.